The van der Waals surface area contributed by atoms with Gasteiger partial charge in [0.2, 0.25) is 0 Å². The lowest BCUT2D eigenvalue weighted by atomic mass is 10.0. The van der Waals surface area contributed by atoms with Gasteiger partial charge in [0.05, 0.1) is 5.33 Å². The maximum atomic E-state index is 4.35. The van der Waals surface area contributed by atoms with E-state index in [2.05, 4.69) is 44.5 Å². The van der Waals surface area contributed by atoms with Crippen LogP contribution < -0.4 is 0 Å². The molecular formula is C13H22BrN3. The molecule has 0 aromatic carbocycles. The van der Waals surface area contributed by atoms with Crippen molar-refractivity contribution < 1.29 is 0 Å². The molecule has 0 unspecified atom stereocenters. The number of aryl methyl sites for hydroxylation is 1. The molecule has 17 heavy (non-hydrogen) atoms. The molecule has 1 aliphatic carbocycles. The van der Waals surface area contributed by atoms with E-state index in [1.165, 1.54) is 37.9 Å². The molecule has 0 radical (unpaired) electrons. The summed E-state index contributed by atoms with van der Waals surface area (Å²) in [5.74, 6) is 3.16. The van der Waals surface area contributed by atoms with E-state index in [9.17, 15) is 0 Å². The highest BCUT2D eigenvalue weighted by atomic mass is 79.9. The largest absolute Gasteiger partial charge is 0.312 e. The Labute approximate surface area is 112 Å². The summed E-state index contributed by atoms with van der Waals surface area (Å²) in [4.78, 5) is 0. The smallest absolute Gasteiger partial charge is 0.143 e. The van der Waals surface area contributed by atoms with Crippen molar-refractivity contribution in [2.24, 2.45) is 5.92 Å². The third-order valence-corrected chi connectivity index (χ3v) is 4.23. The second-order valence-electron chi connectivity index (χ2n) is 5.32. The zero-order valence-electron chi connectivity index (χ0n) is 10.8. The van der Waals surface area contributed by atoms with Gasteiger partial charge in [0.15, 0.2) is 0 Å². The summed E-state index contributed by atoms with van der Waals surface area (Å²) in [6.45, 7) is 4.41. The van der Waals surface area contributed by atoms with Gasteiger partial charge in [-0.2, -0.15) is 0 Å². The lowest BCUT2D eigenvalue weighted by Gasteiger charge is -2.14. The molecule has 96 valence electrons. The molecule has 1 heterocycles. The first kappa shape index (κ1) is 13.1. The van der Waals surface area contributed by atoms with Crippen molar-refractivity contribution in [1.82, 2.24) is 14.8 Å². The highest BCUT2D eigenvalue weighted by Gasteiger charge is 2.18. The van der Waals surface area contributed by atoms with Crippen molar-refractivity contribution in [3.05, 3.63) is 11.6 Å². The van der Waals surface area contributed by atoms with Crippen molar-refractivity contribution in [2.45, 2.75) is 63.7 Å². The van der Waals surface area contributed by atoms with Crippen LogP contribution in [0.1, 0.15) is 63.6 Å². The van der Waals surface area contributed by atoms with E-state index >= 15 is 0 Å². The normalized spacial score (nSPS) is 17.2. The molecule has 0 N–H and O–H groups in total. The average Bonchev–Trinajstić information content (AvgIpc) is 2.95. The van der Waals surface area contributed by atoms with Crippen LogP contribution in [0.25, 0.3) is 0 Å². The summed E-state index contributed by atoms with van der Waals surface area (Å²) in [5, 5.41) is 9.41. The fraction of sp³-hybridized carbons (Fsp3) is 0.846. The molecule has 0 spiro atoms. The van der Waals surface area contributed by atoms with Crippen molar-refractivity contribution in [2.75, 3.05) is 0 Å². The van der Waals surface area contributed by atoms with Gasteiger partial charge in [0.25, 0.3) is 0 Å². The molecule has 4 heteroatoms. The minimum atomic E-state index is 0.455. The van der Waals surface area contributed by atoms with Gasteiger partial charge in [0.1, 0.15) is 11.6 Å². The molecule has 0 atom stereocenters. The van der Waals surface area contributed by atoms with Crippen molar-refractivity contribution >= 4 is 15.9 Å². The van der Waals surface area contributed by atoms with Crippen LogP contribution >= 0.6 is 15.9 Å². The van der Waals surface area contributed by atoms with E-state index in [4.69, 9.17) is 0 Å². The lowest BCUT2D eigenvalue weighted by Crippen LogP contribution is -2.10. The number of aromatic nitrogens is 3. The second-order valence-corrected chi connectivity index (χ2v) is 5.88. The zero-order valence-corrected chi connectivity index (χ0v) is 12.4. The average molecular weight is 300 g/mol. The summed E-state index contributed by atoms with van der Waals surface area (Å²) in [7, 11) is 0. The molecule has 1 saturated carbocycles. The minimum Gasteiger partial charge on any atom is -0.312 e. The highest BCUT2D eigenvalue weighted by Crippen LogP contribution is 2.29. The number of rotatable bonds is 5. The predicted octanol–water partition coefficient (Wildman–Crippen LogP) is 3.88. The molecule has 0 amide bonds. The van der Waals surface area contributed by atoms with Crippen molar-refractivity contribution in [3.63, 3.8) is 0 Å². The van der Waals surface area contributed by atoms with Crippen molar-refractivity contribution in [1.29, 1.82) is 0 Å². The van der Waals surface area contributed by atoms with Crippen LogP contribution in [-0.4, -0.2) is 14.8 Å². The Hall–Kier alpha value is -0.380. The third-order valence-electron chi connectivity index (χ3n) is 3.72. The molecule has 3 nitrogen and oxygen atoms in total. The van der Waals surface area contributed by atoms with E-state index in [-0.39, 0.29) is 0 Å². The molecule has 0 aliphatic heterocycles. The van der Waals surface area contributed by atoms with Gasteiger partial charge in [-0.05, 0) is 26.2 Å². The van der Waals surface area contributed by atoms with E-state index in [1.54, 1.807) is 0 Å². The standard InChI is InChI=1S/C13H22BrN3/c1-10(2)17-12(15-16-13(17)9-14)8-7-11-5-3-4-6-11/h10-11H,3-9H2,1-2H3. The first-order valence-corrected chi connectivity index (χ1v) is 7.83. The quantitative estimate of drug-likeness (QED) is 0.773. The monoisotopic (exact) mass is 299 g/mol. The Bertz CT molecular complexity index is 354. The zero-order chi connectivity index (χ0) is 12.3. The fourth-order valence-corrected chi connectivity index (χ4v) is 3.23. The third kappa shape index (κ3) is 3.09. The molecule has 2 rings (SSSR count). The summed E-state index contributed by atoms with van der Waals surface area (Å²) in [6, 6.07) is 0.455. The Morgan fingerprint density at radius 3 is 2.47 bits per heavy atom. The fourth-order valence-electron chi connectivity index (χ4n) is 2.85. The Morgan fingerprint density at radius 1 is 1.24 bits per heavy atom. The van der Waals surface area contributed by atoms with Crippen LogP contribution in [0.2, 0.25) is 0 Å². The molecule has 0 saturated heterocycles. The van der Waals surface area contributed by atoms with Crippen LogP contribution in [0.4, 0.5) is 0 Å². The van der Waals surface area contributed by atoms with Gasteiger partial charge in [-0.25, -0.2) is 0 Å². The molecule has 0 bridgehead atoms. The number of nitrogens with zero attached hydrogens (tertiary/aromatic N) is 3. The van der Waals surface area contributed by atoms with Crippen molar-refractivity contribution in [3.8, 4) is 0 Å². The van der Waals surface area contributed by atoms with E-state index in [0.29, 0.717) is 6.04 Å². The molecule has 1 aromatic rings. The van der Waals surface area contributed by atoms with Gasteiger partial charge >= 0.3 is 0 Å². The van der Waals surface area contributed by atoms with Gasteiger partial charge in [-0.15, -0.1) is 10.2 Å². The molecular weight excluding hydrogens is 278 g/mol. The SMILES string of the molecule is CC(C)n1c(CBr)nnc1CCC1CCCC1. The van der Waals surface area contributed by atoms with E-state index in [0.717, 1.165) is 23.5 Å². The van der Waals surface area contributed by atoms with Gasteiger partial charge in [-0.1, -0.05) is 41.6 Å². The first-order chi connectivity index (χ1) is 8.22. The van der Waals surface area contributed by atoms with Gasteiger partial charge < -0.3 is 4.57 Å². The summed E-state index contributed by atoms with van der Waals surface area (Å²) in [5.41, 5.74) is 0. The maximum absolute atomic E-state index is 4.35. The first-order valence-electron chi connectivity index (χ1n) is 6.71. The molecule has 1 fully saturated rings. The molecule has 1 aliphatic rings. The number of hydrogen-bond donors (Lipinski definition) is 0. The summed E-state index contributed by atoms with van der Waals surface area (Å²) in [6.07, 6.45) is 8.06. The summed E-state index contributed by atoms with van der Waals surface area (Å²) < 4.78 is 2.28. The Balaban J connectivity index is 2.01. The van der Waals surface area contributed by atoms with Gasteiger partial charge in [-0.3, -0.25) is 0 Å². The Kier molecular flexibility index (Phi) is 4.60. The number of hydrogen-bond acceptors (Lipinski definition) is 2. The highest BCUT2D eigenvalue weighted by molar-refractivity contribution is 9.08. The van der Waals surface area contributed by atoms with Crippen LogP contribution in [0.3, 0.4) is 0 Å². The van der Waals surface area contributed by atoms with E-state index in [1.807, 2.05) is 0 Å². The Morgan fingerprint density at radius 2 is 1.88 bits per heavy atom. The van der Waals surface area contributed by atoms with Crippen LogP contribution in [0.15, 0.2) is 0 Å². The van der Waals surface area contributed by atoms with E-state index < -0.39 is 0 Å². The van der Waals surface area contributed by atoms with Gasteiger partial charge in [0, 0.05) is 12.5 Å². The summed E-state index contributed by atoms with van der Waals surface area (Å²) >= 11 is 3.48. The maximum Gasteiger partial charge on any atom is 0.143 e. The second kappa shape index (κ2) is 5.98. The number of alkyl halides is 1. The van der Waals surface area contributed by atoms with Crippen LogP contribution in [0.5, 0.6) is 0 Å². The minimum absolute atomic E-state index is 0.455. The lowest BCUT2D eigenvalue weighted by molar-refractivity contribution is 0.476. The van der Waals surface area contributed by atoms with Crippen LogP contribution in [-0.2, 0) is 11.8 Å². The predicted molar refractivity (Wildman–Crippen MR) is 73.3 cm³/mol. The molecule has 1 aromatic heterocycles. The topological polar surface area (TPSA) is 30.7 Å². The number of halogens is 1. The van der Waals surface area contributed by atoms with Crippen LogP contribution in [0, 0.1) is 5.92 Å².